The largest absolute Gasteiger partial charge is 0.0586 e. The van der Waals surface area contributed by atoms with Crippen molar-refractivity contribution in [1.82, 2.24) is 0 Å². The second-order valence-corrected chi connectivity index (χ2v) is 4.02. The van der Waals surface area contributed by atoms with E-state index in [-0.39, 0.29) is 5.41 Å². The molecule has 2 heteroatoms. The van der Waals surface area contributed by atoms with Crippen molar-refractivity contribution in [2.75, 3.05) is 0 Å². The van der Waals surface area contributed by atoms with Crippen LogP contribution in [0, 0.1) is 5.41 Å². The summed E-state index contributed by atoms with van der Waals surface area (Å²) in [5.74, 6) is 0. The third-order valence-electron chi connectivity index (χ3n) is 0.812. The maximum Gasteiger partial charge on any atom is 0.00733 e. The van der Waals surface area contributed by atoms with Crippen LogP contribution in [-0.4, -0.2) is 0 Å². The Morgan fingerprint density at radius 3 is 1.75 bits per heavy atom. The van der Waals surface area contributed by atoms with Crippen molar-refractivity contribution in [3.05, 3.63) is 9.47 Å². The predicted molar refractivity (Wildman–Crippen MR) is 45.4 cm³/mol. The van der Waals surface area contributed by atoms with Gasteiger partial charge in [0.15, 0.2) is 0 Å². The summed E-state index contributed by atoms with van der Waals surface area (Å²) in [6, 6.07) is 0. The number of hydrogen-bond donors (Lipinski definition) is 0. The van der Waals surface area contributed by atoms with Gasteiger partial charge in [0.2, 0.25) is 0 Å². The summed E-state index contributed by atoms with van der Waals surface area (Å²) in [5, 5.41) is 0. The second-order valence-electron chi connectivity index (χ2n) is 2.71. The smallest absolute Gasteiger partial charge is 0.00733 e. The summed E-state index contributed by atoms with van der Waals surface area (Å²) < 4.78 is 1.19. The second kappa shape index (κ2) is 3.02. The molecule has 0 atom stereocenters. The Balaban J connectivity index is 4.03. The van der Waals surface area contributed by atoms with Gasteiger partial charge < -0.3 is 0 Å². The van der Waals surface area contributed by atoms with Crippen molar-refractivity contribution in [3.8, 4) is 0 Å². The standard InChI is InChI=1S/C6H10Br2/c1-6(2,3)5(8)4-7/h4H,1-3H3/b5-4-. The minimum atomic E-state index is 0.240. The van der Waals surface area contributed by atoms with Crippen LogP contribution >= 0.6 is 31.9 Å². The van der Waals surface area contributed by atoms with Gasteiger partial charge in [0.05, 0.1) is 0 Å². The minimum absolute atomic E-state index is 0.240. The molecule has 0 saturated heterocycles. The zero-order valence-corrected chi connectivity index (χ0v) is 8.51. The first-order valence-electron chi connectivity index (χ1n) is 2.45. The van der Waals surface area contributed by atoms with Crippen LogP contribution in [0.3, 0.4) is 0 Å². The molecule has 0 aromatic carbocycles. The van der Waals surface area contributed by atoms with E-state index in [2.05, 4.69) is 52.6 Å². The lowest BCUT2D eigenvalue weighted by molar-refractivity contribution is 0.537. The molecule has 0 bridgehead atoms. The van der Waals surface area contributed by atoms with Gasteiger partial charge in [-0.05, 0) is 10.4 Å². The highest BCUT2D eigenvalue weighted by atomic mass is 79.9. The topological polar surface area (TPSA) is 0 Å². The fourth-order valence-electron chi connectivity index (χ4n) is 0.164. The van der Waals surface area contributed by atoms with E-state index in [1.54, 1.807) is 0 Å². The van der Waals surface area contributed by atoms with Crippen LogP contribution in [0.2, 0.25) is 0 Å². The zero-order chi connectivity index (χ0) is 6.78. The third-order valence-corrected chi connectivity index (χ3v) is 3.30. The summed E-state index contributed by atoms with van der Waals surface area (Å²) in [6.07, 6.45) is 0. The Bertz CT molecular complexity index is 97.6. The average molecular weight is 242 g/mol. The summed E-state index contributed by atoms with van der Waals surface area (Å²) in [5.41, 5.74) is 0.240. The number of halogens is 2. The molecule has 0 heterocycles. The van der Waals surface area contributed by atoms with E-state index in [1.807, 2.05) is 4.99 Å². The lowest BCUT2D eigenvalue weighted by atomic mass is 9.98. The molecule has 0 fully saturated rings. The molecule has 0 unspecified atom stereocenters. The van der Waals surface area contributed by atoms with Gasteiger partial charge in [0.25, 0.3) is 0 Å². The van der Waals surface area contributed by atoms with Gasteiger partial charge in [-0.25, -0.2) is 0 Å². The first-order chi connectivity index (χ1) is 3.48. The predicted octanol–water partition coefficient (Wildman–Crippen LogP) is 3.66. The quantitative estimate of drug-likeness (QED) is 0.607. The molecule has 0 amide bonds. The van der Waals surface area contributed by atoms with Gasteiger partial charge in [-0.2, -0.15) is 0 Å². The van der Waals surface area contributed by atoms with Gasteiger partial charge in [0.1, 0.15) is 0 Å². The van der Waals surface area contributed by atoms with Crippen LogP contribution in [-0.2, 0) is 0 Å². The molecule has 48 valence electrons. The molecule has 0 N–H and O–H groups in total. The third kappa shape index (κ3) is 2.88. The number of rotatable bonds is 0. The van der Waals surface area contributed by atoms with E-state index in [9.17, 15) is 0 Å². The molecule has 0 saturated carbocycles. The van der Waals surface area contributed by atoms with Crippen molar-refractivity contribution in [2.24, 2.45) is 5.41 Å². The van der Waals surface area contributed by atoms with Crippen LogP contribution < -0.4 is 0 Å². The Hall–Kier alpha value is 0.700. The Morgan fingerprint density at radius 1 is 1.38 bits per heavy atom. The minimum Gasteiger partial charge on any atom is -0.0586 e. The maximum absolute atomic E-state index is 3.41. The maximum atomic E-state index is 3.41. The van der Waals surface area contributed by atoms with Crippen molar-refractivity contribution >= 4 is 31.9 Å². The highest BCUT2D eigenvalue weighted by molar-refractivity contribution is 9.14. The highest BCUT2D eigenvalue weighted by Gasteiger charge is 2.12. The summed E-state index contributed by atoms with van der Waals surface area (Å²) >= 11 is 6.65. The van der Waals surface area contributed by atoms with E-state index in [0.29, 0.717) is 0 Å². The molecule has 0 nitrogen and oxygen atoms in total. The van der Waals surface area contributed by atoms with Crippen molar-refractivity contribution in [1.29, 1.82) is 0 Å². The first kappa shape index (κ1) is 8.70. The summed E-state index contributed by atoms with van der Waals surface area (Å²) in [4.78, 5) is 1.90. The number of allylic oxidation sites excluding steroid dienone is 1. The first-order valence-corrected chi connectivity index (χ1v) is 4.15. The Morgan fingerprint density at radius 2 is 1.75 bits per heavy atom. The van der Waals surface area contributed by atoms with E-state index in [0.717, 1.165) is 0 Å². The summed E-state index contributed by atoms with van der Waals surface area (Å²) in [6.45, 7) is 6.44. The normalized spacial score (nSPS) is 14.4. The van der Waals surface area contributed by atoms with Gasteiger partial charge >= 0.3 is 0 Å². The van der Waals surface area contributed by atoms with E-state index in [4.69, 9.17) is 0 Å². The molecule has 0 aliphatic rings. The van der Waals surface area contributed by atoms with Gasteiger partial charge in [-0.1, -0.05) is 52.6 Å². The molecular formula is C6H10Br2. The zero-order valence-electron chi connectivity index (χ0n) is 5.33. The summed E-state index contributed by atoms with van der Waals surface area (Å²) in [7, 11) is 0. The Labute approximate surface area is 67.6 Å². The monoisotopic (exact) mass is 240 g/mol. The molecule has 0 aliphatic carbocycles. The average Bonchev–Trinajstić information content (AvgIpc) is 1.62. The van der Waals surface area contributed by atoms with Crippen LogP contribution in [0.25, 0.3) is 0 Å². The molecule has 0 aromatic heterocycles. The van der Waals surface area contributed by atoms with E-state index >= 15 is 0 Å². The van der Waals surface area contributed by atoms with Crippen molar-refractivity contribution < 1.29 is 0 Å². The fourth-order valence-corrected chi connectivity index (χ4v) is 0.850. The molecule has 0 radical (unpaired) electrons. The van der Waals surface area contributed by atoms with Crippen LogP contribution in [0.4, 0.5) is 0 Å². The molecular weight excluding hydrogens is 232 g/mol. The highest BCUT2D eigenvalue weighted by Crippen LogP contribution is 2.30. The Kier molecular flexibility index (Phi) is 3.28. The lowest BCUT2D eigenvalue weighted by Crippen LogP contribution is -2.02. The van der Waals surface area contributed by atoms with Gasteiger partial charge in [-0.3, -0.25) is 0 Å². The van der Waals surface area contributed by atoms with E-state index < -0.39 is 0 Å². The van der Waals surface area contributed by atoms with Crippen LogP contribution in [0.15, 0.2) is 9.47 Å². The van der Waals surface area contributed by atoms with Gasteiger partial charge in [0, 0.05) is 4.48 Å². The fraction of sp³-hybridized carbons (Fsp3) is 0.667. The van der Waals surface area contributed by atoms with Crippen LogP contribution in [0.5, 0.6) is 0 Å². The molecule has 0 aromatic rings. The van der Waals surface area contributed by atoms with Crippen molar-refractivity contribution in [2.45, 2.75) is 20.8 Å². The molecule has 0 rings (SSSR count). The number of hydrogen-bond acceptors (Lipinski definition) is 0. The molecule has 0 aliphatic heterocycles. The van der Waals surface area contributed by atoms with Gasteiger partial charge in [-0.15, -0.1) is 0 Å². The SMILES string of the molecule is CC(C)(C)/C(Br)=C/Br. The lowest BCUT2D eigenvalue weighted by Gasteiger charge is -2.15. The molecule has 0 spiro atoms. The molecule has 8 heavy (non-hydrogen) atoms. The van der Waals surface area contributed by atoms with Crippen molar-refractivity contribution in [3.63, 3.8) is 0 Å². The van der Waals surface area contributed by atoms with Crippen LogP contribution in [0.1, 0.15) is 20.8 Å². The van der Waals surface area contributed by atoms with E-state index in [1.165, 1.54) is 4.48 Å².